The number of nitrogens with zero attached hydrogens (tertiary/aromatic N) is 3. The van der Waals surface area contributed by atoms with Crippen molar-refractivity contribution < 1.29 is 13.9 Å². The molecule has 3 heterocycles. The molecule has 0 saturated carbocycles. The van der Waals surface area contributed by atoms with Crippen molar-refractivity contribution in [2.45, 2.75) is 19.4 Å². The number of carbonyl (C=O) groups excluding carboxylic acids is 1. The van der Waals surface area contributed by atoms with E-state index < -0.39 is 0 Å². The minimum Gasteiger partial charge on any atom is -0.472 e. The summed E-state index contributed by atoms with van der Waals surface area (Å²) in [5.41, 5.74) is 3.42. The van der Waals surface area contributed by atoms with E-state index in [1.807, 2.05) is 16.8 Å². The Labute approximate surface area is 135 Å². The average molecular weight is 315 g/mol. The molecule has 2 aromatic heterocycles. The van der Waals surface area contributed by atoms with Crippen LogP contribution in [0.25, 0.3) is 5.57 Å². The van der Waals surface area contributed by atoms with Crippen LogP contribution in [0.4, 0.5) is 0 Å². The lowest BCUT2D eigenvalue weighted by Gasteiger charge is -2.26. The third-order valence-corrected chi connectivity index (χ3v) is 4.22. The molecule has 6 nitrogen and oxygen atoms in total. The van der Waals surface area contributed by atoms with Gasteiger partial charge in [-0.15, -0.1) is 0 Å². The van der Waals surface area contributed by atoms with Gasteiger partial charge in [-0.25, -0.2) is 4.98 Å². The van der Waals surface area contributed by atoms with Gasteiger partial charge in [-0.3, -0.25) is 4.79 Å². The van der Waals surface area contributed by atoms with Crippen molar-refractivity contribution in [2.75, 3.05) is 27.2 Å². The number of esters is 1. The van der Waals surface area contributed by atoms with Gasteiger partial charge in [0.15, 0.2) is 0 Å². The lowest BCUT2D eigenvalue weighted by atomic mass is 9.94. The van der Waals surface area contributed by atoms with Crippen molar-refractivity contribution in [3.8, 4) is 0 Å². The molecule has 0 bridgehead atoms. The molecular formula is C17H21N3O3. The Hall–Kier alpha value is -2.34. The van der Waals surface area contributed by atoms with Crippen LogP contribution in [0.5, 0.6) is 0 Å². The number of rotatable bonds is 4. The molecule has 0 aliphatic carbocycles. The van der Waals surface area contributed by atoms with Gasteiger partial charge in [-0.1, -0.05) is 5.57 Å². The minimum atomic E-state index is -0.288. The summed E-state index contributed by atoms with van der Waals surface area (Å²) < 4.78 is 11.9. The Morgan fingerprint density at radius 3 is 2.83 bits per heavy atom. The largest absolute Gasteiger partial charge is 0.472 e. The number of aromatic nitrogens is 2. The van der Waals surface area contributed by atoms with Gasteiger partial charge in [-0.2, -0.15) is 0 Å². The summed E-state index contributed by atoms with van der Waals surface area (Å²) in [5, 5.41) is 0. The number of imidazole rings is 1. The van der Waals surface area contributed by atoms with Crippen LogP contribution in [-0.2, 0) is 16.1 Å². The van der Waals surface area contributed by atoms with E-state index in [1.54, 1.807) is 18.7 Å². The van der Waals surface area contributed by atoms with Crippen LogP contribution < -0.4 is 0 Å². The zero-order valence-corrected chi connectivity index (χ0v) is 13.5. The first-order valence-corrected chi connectivity index (χ1v) is 7.70. The van der Waals surface area contributed by atoms with Crippen molar-refractivity contribution in [1.29, 1.82) is 0 Å². The van der Waals surface area contributed by atoms with Gasteiger partial charge in [0.1, 0.15) is 12.4 Å². The number of hydrogen-bond donors (Lipinski definition) is 0. The molecule has 2 aromatic rings. The molecule has 0 N–H and O–H groups in total. The van der Waals surface area contributed by atoms with Crippen LogP contribution in [0.3, 0.4) is 0 Å². The molecule has 1 fully saturated rings. The fourth-order valence-electron chi connectivity index (χ4n) is 2.91. The highest BCUT2D eigenvalue weighted by atomic mass is 16.5. The standard InChI is InChI=1S/C17H21N3O3/c1-19-7-3-13(4-8-19)16(14-5-10-23-12-14)17-18-6-9-20(17)11-15(21)22-2/h5-6,9-10,12H,3-4,7-8,11H2,1-2H3. The van der Waals surface area contributed by atoms with E-state index in [2.05, 4.69) is 16.9 Å². The van der Waals surface area contributed by atoms with E-state index in [4.69, 9.17) is 9.15 Å². The molecule has 0 radical (unpaired) electrons. The molecule has 1 aliphatic rings. The number of ether oxygens (including phenoxy) is 1. The number of hydrogen-bond acceptors (Lipinski definition) is 5. The van der Waals surface area contributed by atoms with Gasteiger partial charge >= 0.3 is 5.97 Å². The van der Waals surface area contributed by atoms with Gasteiger partial charge in [0, 0.05) is 36.6 Å². The van der Waals surface area contributed by atoms with Crippen molar-refractivity contribution in [2.24, 2.45) is 0 Å². The van der Waals surface area contributed by atoms with Crippen LogP contribution in [0.15, 0.2) is 41.0 Å². The van der Waals surface area contributed by atoms with Gasteiger partial charge in [0.25, 0.3) is 0 Å². The summed E-state index contributed by atoms with van der Waals surface area (Å²) in [6.45, 7) is 2.20. The van der Waals surface area contributed by atoms with E-state index in [1.165, 1.54) is 12.7 Å². The molecule has 0 aromatic carbocycles. The average Bonchev–Trinajstić information content (AvgIpc) is 3.22. The first kappa shape index (κ1) is 15.6. The molecule has 23 heavy (non-hydrogen) atoms. The minimum absolute atomic E-state index is 0.153. The first-order chi connectivity index (χ1) is 11.2. The fourth-order valence-corrected chi connectivity index (χ4v) is 2.91. The third-order valence-electron chi connectivity index (χ3n) is 4.22. The van der Waals surface area contributed by atoms with Crippen LogP contribution >= 0.6 is 0 Å². The zero-order valence-electron chi connectivity index (χ0n) is 13.5. The summed E-state index contributed by atoms with van der Waals surface area (Å²) in [6, 6.07) is 1.94. The SMILES string of the molecule is COC(=O)Cn1ccnc1C(=C1CCN(C)CC1)c1ccoc1. The Balaban J connectivity index is 2.02. The van der Waals surface area contributed by atoms with E-state index in [0.29, 0.717) is 0 Å². The number of likely N-dealkylation sites (tertiary alicyclic amines) is 1. The van der Waals surface area contributed by atoms with Gasteiger partial charge < -0.3 is 18.6 Å². The van der Waals surface area contributed by atoms with E-state index in [9.17, 15) is 4.79 Å². The number of carbonyl (C=O) groups is 1. The topological polar surface area (TPSA) is 60.5 Å². The summed E-state index contributed by atoms with van der Waals surface area (Å²) in [7, 11) is 3.53. The monoisotopic (exact) mass is 315 g/mol. The molecule has 0 unspecified atom stereocenters. The molecule has 0 spiro atoms. The smallest absolute Gasteiger partial charge is 0.325 e. The number of piperidine rings is 1. The quantitative estimate of drug-likeness (QED) is 0.809. The van der Waals surface area contributed by atoms with Crippen LogP contribution in [0.2, 0.25) is 0 Å². The Bertz CT molecular complexity index is 691. The first-order valence-electron chi connectivity index (χ1n) is 7.70. The van der Waals surface area contributed by atoms with Crippen molar-refractivity contribution in [3.05, 3.63) is 47.9 Å². The number of methoxy groups -OCH3 is 1. The van der Waals surface area contributed by atoms with Gasteiger partial charge in [-0.05, 0) is 26.0 Å². The maximum absolute atomic E-state index is 11.6. The molecule has 122 valence electrons. The third kappa shape index (κ3) is 3.37. The van der Waals surface area contributed by atoms with Crippen molar-refractivity contribution >= 4 is 11.5 Å². The van der Waals surface area contributed by atoms with Crippen molar-refractivity contribution in [3.63, 3.8) is 0 Å². The summed E-state index contributed by atoms with van der Waals surface area (Å²) in [4.78, 5) is 18.5. The molecule has 3 rings (SSSR count). The zero-order chi connectivity index (χ0) is 16.2. The summed E-state index contributed by atoms with van der Waals surface area (Å²) in [6.07, 6.45) is 8.90. The second-order valence-corrected chi connectivity index (χ2v) is 5.75. The molecule has 1 saturated heterocycles. The number of furan rings is 1. The maximum atomic E-state index is 11.6. The van der Waals surface area contributed by atoms with Gasteiger partial charge in [0.05, 0.1) is 19.6 Å². The molecule has 1 aliphatic heterocycles. The van der Waals surface area contributed by atoms with E-state index in [0.717, 1.165) is 42.9 Å². The summed E-state index contributed by atoms with van der Waals surface area (Å²) >= 11 is 0. The van der Waals surface area contributed by atoms with E-state index >= 15 is 0 Å². The molecule has 0 amide bonds. The van der Waals surface area contributed by atoms with Crippen LogP contribution in [0.1, 0.15) is 24.2 Å². The Kier molecular flexibility index (Phi) is 4.62. The molecule has 6 heteroatoms. The highest BCUT2D eigenvalue weighted by molar-refractivity contribution is 5.79. The highest BCUT2D eigenvalue weighted by Crippen LogP contribution is 2.31. The lowest BCUT2D eigenvalue weighted by molar-refractivity contribution is -0.141. The normalized spacial score (nSPS) is 15.7. The second-order valence-electron chi connectivity index (χ2n) is 5.75. The second kappa shape index (κ2) is 6.83. The van der Waals surface area contributed by atoms with Gasteiger partial charge in [0.2, 0.25) is 0 Å². The van der Waals surface area contributed by atoms with E-state index in [-0.39, 0.29) is 12.5 Å². The lowest BCUT2D eigenvalue weighted by Crippen LogP contribution is -2.27. The molecule has 0 atom stereocenters. The Morgan fingerprint density at radius 1 is 1.39 bits per heavy atom. The highest BCUT2D eigenvalue weighted by Gasteiger charge is 2.21. The molecular weight excluding hydrogens is 294 g/mol. The predicted octanol–water partition coefficient (Wildman–Crippen LogP) is 2.18. The van der Waals surface area contributed by atoms with Crippen LogP contribution in [-0.4, -0.2) is 47.7 Å². The summed E-state index contributed by atoms with van der Waals surface area (Å²) in [5.74, 6) is 0.500. The predicted molar refractivity (Wildman–Crippen MR) is 85.7 cm³/mol. The Morgan fingerprint density at radius 2 is 2.17 bits per heavy atom. The fraction of sp³-hybridized carbons (Fsp3) is 0.412. The van der Waals surface area contributed by atoms with Crippen LogP contribution in [0, 0.1) is 0 Å². The maximum Gasteiger partial charge on any atom is 0.325 e. The van der Waals surface area contributed by atoms with Crippen molar-refractivity contribution in [1.82, 2.24) is 14.5 Å².